The van der Waals surface area contributed by atoms with Gasteiger partial charge in [-0.2, -0.15) is 0 Å². The predicted octanol–water partition coefficient (Wildman–Crippen LogP) is 1.02. The maximum atomic E-state index is 5.67. The van der Waals surface area contributed by atoms with Gasteiger partial charge in [-0.05, 0) is 24.5 Å². The highest BCUT2D eigenvalue weighted by atomic mass is 16.5. The van der Waals surface area contributed by atoms with Crippen molar-refractivity contribution in [3.63, 3.8) is 0 Å². The lowest BCUT2D eigenvalue weighted by Gasteiger charge is -2.31. The fourth-order valence-electron chi connectivity index (χ4n) is 2.22. The van der Waals surface area contributed by atoms with Crippen LogP contribution in [0.5, 0.6) is 0 Å². The third kappa shape index (κ3) is 4.07. The van der Waals surface area contributed by atoms with Crippen molar-refractivity contribution in [3.05, 3.63) is 30.1 Å². The van der Waals surface area contributed by atoms with E-state index in [1.165, 1.54) is 5.56 Å². The van der Waals surface area contributed by atoms with Crippen LogP contribution in [0.3, 0.4) is 0 Å². The molecule has 1 fully saturated rings. The zero-order valence-electron chi connectivity index (χ0n) is 10.2. The summed E-state index contributed by atoms with van der Waals surface area (Å²) in [5.41, 5.74) is 6.72. The first kappa shape index (κ1) is 12.5. The van der Waals surface area contributed by atoms with Gasteiger partial charge >= 0.3 is 0 Å². The number of rotatable bonds is 5. The molecule has 0 saturated carbocycles. The Morgan fingerprint density at radius 1 is 1.41 bits per heavy atom. The molecule has 1 aromatic rings. The van der Waals surface area contributed by atoms with Crippen LogP contribution in [0.25, 0.3) is 0 Å². The third-order valence-corrected chi connectivity index (χ3v) is 3.13. The molecule has 0 atom stereocenters. The maximum absolute atomic E-state index is 5.67. The maximum Gasteiger partial charge on any atom is 0.0600 e. The third-order valence-electron chi connectivity index (χ3n) is 3.13. The van der Waals surface area contributed by atoms with Crippen LogP contribution in [0.2, 0.25) is 0 Å². The Morgan fingerprint density at radius 3 is 2.88 bits per heavy atom. The number of pyridine rings is 1. The summed E-state index contributed by atoms with van der Waals surface area (Å²) >= 11 is 0. The van der Waals surface area contributed by atoms with Crippen LogP contribution in [0, 0.1) is 0 Å². The summed E-state index contributed by atoms with van der Waals surface area (Å²) in [6, 6.07) is 4.12. The Kier molecular flexibility index (Phi) is 4.91. The Morgan fingerprint density at radius 2 is 2.24 bits per heavy atom. The molecule has 2 rings (SSSR count). The van der Waals surface area contributed by atoms with E-state index in [9.17, 15) is 0 Å². The summed E-state index contributed by atoms with van der Waals surface area (Å²) in [7, 11) is 0. The molecule has 1 aliphatic heterocycles. The van der Waals surface area contributed by atoms with E-state index in [1.54, 1.807) is 0 Å². The number of hydrogen-bond acceptors (Lipinski definition) is 4. The van der Waals surface area contributed by atoms with Crippen LogP contribution in [0.4, 0.5) is 0 Å². The monoisotopic (exact) mass is 235 g/mol. The highest BCUT2D eigenvalue weighted by molar-refractivity contribution is 5.08. The number of likely N-dealkylation sites (tertiary alicyclic amines) is 1. The van der Waals surface area contributed by atoms with E-state index in [0.717, 1.165) is 32.5 Å². The second-order valence-electron chi connectivity index (χ2n) is 4.50. The van der Waals surface area contributed by atoms with Crippen molar-refractivity contribution in [2.24, 2.45) is 5.73 Å². The van der Waals surface area contributed by atoms with Crippen LogP contribution in [0.15, 0.2) is 24.5 Å². The zero-order chi connectivity index (χ0) is 11.9. The molecular formula is C13H21N3O. The smallest absolute Gasteiger partial charge is 0.0600 e. The Labute approximate surface area is 103 Å². The van der Waals surface area contributed by atoms with Crippen molar-refractivity contribution in [2.45, 2.75) is 25.5 Å². The van der Waals surface area contributed by atoms with Crippen molar-refractivity contribution in [2.75, 3.05) is 26.2 Å². The van der Waals surface area contributed by atoms with Gasteiger partial charge in [-0.1, -0.05) is 6.07 Å². The van der Waals surface area contributed by atoms with E-state index in [2.05, 4.69) is 16.0 Å². The molecule has 0 aliphatic carbocycles. The van der Waals surface area contributed by atoms with Gasteiger partial charge in [-0.15, -0.1) is 0 Å². The Bertz CT molecular complexity index is 310. The summed E-state index contributed by atoms with van der Waals surface area (Å²) in [4.78, 5) is 6.60. The number of piperidine rings is 1. The fraction of sp³-hybridized carbons (Fsp3) is 0.615. The van der Waals surface area contributed by atoms with Gasteiger partial charge in [-0.25, -0.2) is 0 Å². The van der Waals surface area contributed by atoms with Crippen LogP contribution in [0.1, 0.15) is 18.4 Å². The van der Waals surface area contributed by atoms with Crippen LogP contribution < -0.4 is 5.73 Å². The SMILES string of the molecule is NCCOC1CCN(Cc2cccnc2)CC1. The summed E-state index contributed by atoms with van der Waals surface area (Å²) in [6.07, 6.45) is 6.39. The average Bonchev–Trinajstić information content (AvgIpc) is 2.39. The molecule has 17 heavy (non-hydrogen) atoms. The van der Waals surface area contributed by atoms with Crippen molar-refractivity contribution in [1.29, 1.82) is 0 Å². The largest absolute Gasteiger partial charge is 0.377 e. The lowest BCUT2D eigenvalue weighted by atomic mass is 10.1. The minimum Gasteiger partial charge on any atom is -0.377 e. The molecule has 0 unspecified atom stereocenters. The van der Waals surface area contributed by atoms with E-state index in [0.29, 0.717) is 19.3 Å². The van der Waals surface area contributed by atoms with Gasteiger partial charge in [0.15, 0.2) is 0 Å². The predicted molar refractivity (Wildman–Crippen MR) is 67.5 cm³/mol. The second-order valence-corrected chi connectivity index (χ2v) is 4.50. The molecule has 4 heteroatoms. The number of hydrogen-bond donors (Lipinski definition) is 1. The average molecular weight is 235 g/mol. The first-order valence-electron chi connectivity index (χ1n) is 6.31. The Hall–Kier alpha value is -0.970. The van der Waals surface area contributed by atoms with Crippen LogP contribution in [-0.4, -0.2) is 42.2 Å². The van der Waals surface area contributed by atoms with E-state index >= 15 is 0 Å². The quantitative estimate of drug-likeness (QED) is 0.828. The number of ether oxygens (including phenoxy) is 1. The van der Waals surface area contributed by atoms with Gasteiger partial charge < -0.3 is 10.5 Å². The molecule has 2 heterocycles. The molecule has 1 aromatic heterocycles. The molecule has 0 amide bonds. The van der Waals surface area contributed by atoms with Crippen LogP contribution in [-0.2, 0) is 11.3 Å². The summed E-state index contributed by atoms with van der Waals surface area (Å²) in [5, 5.41) is 0. The van der Waals surface area contributed by atoms with Gasteiger partial charge in [-0.3, -0.25) is 9.88 Å². The highest BCUT2D eigenvalue weighted by Gasteiger charge is 2.19. The van der Waals surface area contributed by atoms with Crippen molar-refractivity contribution < 1.29 is 4.74 Å². The van der Waals surface area contributed by atoms with Crippen molar-refractivity contribution >= 4 is 0 Å². The number of aromatic nitrogens is 1. The Balaban J connectivity index is 1.72. The zero-order valence-corrected chi connectivity index (χ0v) is 10.2. The summed E-state index contributed by atoms with van der Waals surface area (Å²) in [6.45, 7) is 4.51. The normalized spacial score (nSPS) is 18.4. The molecule has 0 radical (unpaired) electrons. The van der Waals surface area contributed by atoms with Crippen molar-refractivity contribution in [1.82, 2.24) is 9.88 Å². The molecule has 0 aromatic carbocycles. The molecule has 0 spiro atoms. The van der Waals surface area contributed by atoms with Gasteiger partial charge in [0.2, 0.25) is 0 Å². The molecular weight excluding hydrogens is 214 g/mol. The fourth-order valence-corrected chi connectivity index (χ4v) is 2.22. The molecule has 1 aliphatic rings. The van der Waals surface area contributed by atoms with Gasteiger partial charge in [0.25, 0.3) is 0 Å². The van der Waals surface area contributed by atoms with E-state index in [1.807, 2.05) is 18.5 Å². The first-order chi connectivity index (χ1) is 8.38. The summed E-state index contributed by atoms with van der Waals surface area (Å²) < 4.78 is 5.67. The van der Waals surface area contributed by atoms with Gasteiger partial charge in [0, 0.05) is 38.6 Å². The molecule has 2 N–H and O–H groups in total. The lowest BCUT2D eigenvalue weighted by molar-refractivity contribution is 0.00977. The standard InChI is InChI=1S/C13H21N3O/c14-5-9-17-13-3-7-16(8-4-13)11-12-2-1-6-15-10-12/h1-2,6,10,13H,3-5,7-9,11,14H2. The number of nitrogens with zero attached hydrogens (tertiary/aromatic N) is 2. The second kappa shape index (κ2) is 6.69. The topological polar surface area (TPSA) is 51.4 Å². The van der Waals surface area contributed by atoms with Crippen LogP contribution >= 0.6 is 0 Å². The van der Waals surface area contributed by atoms with E-state index < -0.39 is 0 Å². The van der Waals surface area contributed by atoms with E-state index in [-0.39, 0.29) is 0 Å². The molecule has 4 nitrogen and oxygen atoms in total. The minimum atomic E-state index is 0.406. The van der Waals surface area contributed by atoms with Gasteiger partial charge in [0.1, 0.15) is 0 Å². The molecule has 1 saturated heterocycles. The molecule has 94 valence electrons. The van der Waals surface area contributed by atoms with Gasteiger partial charge in [0.05, 0.1) is 12.7 Å². The highest BCUT2D eigenvalue weighted by Crippen LogP contribution is 2.15. The first-order valence-corrected chi connectivity index (χ1v) is 6.31. The summed E-state index contributed by atoms with van der Waals surface area (Å²) in [5.74, 6) is 0. The lowest BCUT2D eigenvalue weighted by Crippen LogP contribution is -2.37. The minimum absolute atomic E-state index is 0.406. The number of nitrogens with two attached hydrogens (primary N) is 1. The molecule has 0 bridgehead atoms. The van der Waals surface area contributed by atoms with E-state index in [4.69, 9.17) is 10.5 Å². The van der Waals surface area contributed by atoms with Crippen molar-refractivity contribution in [3.8, 4) is 0 Å².